The first-order valence-electron chi connectivity index (χ1n) is 11.5. The number of ether oxygens (including phenoxy) is 2. The number of fused-ring (bicyclic) bond motifs is 2. The summed E-state index contributed by atoms with van der Waals surface area (Å²) in [4.78, 5) is 55.6. The molecule has 0 atom stereocenters. The van der Waals surface area contributed by atoms with E-state index in [1.165, 1.54) is 12.2 Å². The molecule has 2 aromatic rings. The van der Waals surface area contributed by atoms with Gasteiger partial charge in [0.1, 0.15) is 22.7 Å². The number of rotatable bonds is 8. The Bertz CT molecular complexity index is 1240. The molecule has 2 aromatic carbocycles. The Hall–Kier alpha value is -4.72. The van der Waals surface area contributed by atoms with Crippen LogP contribution in [0.15, 0.2) is 95.7 Å². The fraction of sp³-hybridized carbons (Fsp3) is 0.172. The van der Waals surface area contributed by atoms with Gasteiger partial charge in [-0.3, -0.25) is 19.2 Å². The average molecular weight is 499 g/mol. The van der Waals surface area contributed by atoms with Crippen molar-refractivity contribution in [3.05, 3.63) is 118 Å². The lowest BCUT2D eigenvalue weighted by Crippen LogP contribution is -2.12. The highest BCUT2D eigenvalue weighted by Crippen LogP contribution is 2.31. The predicted molar refractivity (Wildman–Crippen MR) is 137 cm³/mol. The molecule has 0 N–H and O–H groups in total. The first-order chi connectivity index (χ1) is 17.7. The molecule has 0 radical (unpaired) electrons. The fourth-order valence-electron chi connectivity index (χ4n) is 3.95. The summed E-state index contributed by atoms with van der Waals surface area (Å²) in [5.74, 6) is -1.73. The molecule has 0 saturated heterocycles. The molecule has 8 nitrogen and oxygen atoms in total. The zero-order valence-electron chi connectivity index (χ0n) is 21.0. The highest BCUT2D eigenvalue weighted by atomic mass is 16.7. The number of nitrogens with zero attached hydrogens (tertiary/aromatic N) is 2. The highest BCUT2D eigenvalue weighted by Gasteiger charge is 2.37. The molecule has 8 heteroatoms. The molecule has 37 heavy (non-hydrogen) atoms. The lowest BCUT2D eigenvalue weighted by atomic mass is 10.1. The van der Waals surface area contributed by atoms with Gasteiger partial charge < -0.3 is 19.3 Å². The molecule has 0 bridgehead atoms. The van der Waals surface area contributed by atoms with E-state index >= 15 is 0 Å². The van der Waals surface area contributed by atoms with E-state index in [-0.39, 0.29) is 22.7 Å². The van der Waals surface area contributed by atoms with Crippen molar-refractivity contribution >= 4 is 23.1 Å². The lowest BCUT2D eigenvalue weighted by molar-refractivity contribution is 0.0210. The van der Waals surface area contributed by atoms with Gasteiger partial charge in [-0.25, -0.2) is 0 Å². The second-order valence-electron chi connectivity index (χ2n) is 8.85. The Kier molecular flexibility index (Phi) is 7.20. The van der Waals surface area contributed by atoms with E-state index in [0.717, 1.165) is 0 Å². The van der Waals surface area contributed by atoms with Gasteiger partial charge in [0, 0.05) is 62.8 Å². The van der Waals surface area contributed by atoms with Gasteiger partial charge in [-0.2, -0.15) is 0 Å². The normalized spacial score (nSPS) is 14.5. The van der Waals surface area contributed by atoms with Crippen LogP contribution in [0.5, 0.6) is 0 Å². The van der Waals surface area contributed by atoms with Crippen LogP contribution in [0, 0.1) is 0 Å². The van der Waals surface area contributed by atoms with Gasteiger partial charge in [0.2, 0.25) is 29.9 Å². The Labute approximate surface area is 214 Å². The van der Waals surface area contributed by atoms with E-state index in [2.05, 4.69) is 0 Å². The standard InChI is InChI=1S/C29H26N2O6/c1-30(2)15-13-22(24-26(32)18-9-5-6-10-19(18)27(24)33)36-17-37-23(14-16-31(3)4)25-28(34)20-11-7-8-12-21(20)29(25)35/h5-16H,17H2,1-4H3/b15-13+,16-14+. The van der Waals surface area contributed by atoms with Crippen molar-refractivity contribution < 1.29 is 28.7 Å². The fourth-order valence-corrected chi connectivity index (χ4v) is 3.95. The van der Waals surface area contributed by atoms with E-state index in [9.17, 15) is 19.2 Å². The average Bonchev–Trinajstić information content (AvgIpc) is 3.28. The number of allylic oxidation sites excluding steroid dienone is 4. The molecule has 0 unspecified atom stereocenters. The molecule has 0 amide bonds. The van der Waals surface area contributed by atoms with E-state index in [1.807, 2.05) is 0 Å². The molecule has 4 rings (SSSR count). The third-order valence-corrected chi connectivity index (χ3v) is 5.71. The summed E-state index contributed by atoms with van der Waals surface area (Å²) < 4.78 is 11.6. The van der Waals surface area contributed by atoms with Crippen LogP contribution in [0.1, 0.15) is 41.4 Å². The Morgan fingerprint density at radius 3 is 1.16 bits per heavy atom. The van der Waals surface area contributed by atoms with Crippen LogP contribution in [0.2, 0.25) is 0 Å². The van der Waals surface area contributed by atoms with Crippen molar-refractivity contribution in [1.29, 1.82) is 0 Å². The van der Waals surface area contributed by atoms with Gasteiger partial charge in [-0.05, 0) is 12.2 Å². The maximum absolute atomic E-state index is 13.0. The van der Waals surface area contributed by atoms with Crippen molar-refractivity contribution in [3.63, 3.8) is 0 Å². The zero-order valence-corrected chi connectivity index (χ0v) is 21.0. The third kappa shape index (κ3) is 4.99. The smallest absolute Gasteiger partial charge is 0.230 e. The quantitative estimate of drug-likeness (QED) is 0.235. The topological polar surface area (TPSA) is 93.2 Å². The van der Waals surface area contributed by atoms with Crippen molar-refractivity contribution in [2.45, 2.75) is 0 Å². The predicted octanol–water partition coefficient (Wildman–Crippen LogP) is 3.79. The number of hydrogen-bond acceptors (Lipinski definition) is 8. The van der Waals surface area contributed by atoms with Crippen LogP contribution in [0.25, 0.3) is 0 Å². The van der Waals surface area contributed by atoms with Gasteiger partial charge in [0.25, 0.3) is 0 Å². The molecule has 0 aliphatic heterocycles. The molecule has 0 saturated carbocycles. The van der Waals surface area contributed by atoms with E-state index in [0.29, 0.717) is 22.3 Å². The van der Waals surface area contributed by atoms with Gasteiger partial charge in [0.15, 0.2) is 0 Å². The molecule has 0 spiro atoms. The maximum Gasteiger partial charge on any atom is 0.230 e. The molecular weight excluding hydrogens is 472 g/mol. The van der Waals surface area contributed by atoms with Gasteiger partial charge in [-0.1, -0.05) is 48.5 Å². The molecule has 0 fully saturated rings. The maximum atomic E-state index is 13.0. The van der Waals surface area contributed by atoms with Crippen LogP contribution >= 0.6 is 0 Å². The minimum Gasteiger partial charge on any atom is -0.457 e. The van der Waals surface area contributed by atoms with Gasteiger partial charge in [0.05, 0.1) is 0 Å². The second-order valence-corrected chi connectivity index (χ2v) is 8.85. The summed E-state index contributed by atoms with van der Waals surface area (Å²) in [6.45, 7) is -0.457. The summed E-state index contributed by atoms with van der Waals surface area (Å²) in [7, 11) is 7.13. The molecule has 0 heterocycles. The van der Waals surface area contributed by atoms with Crippen LogP contribution < -0.4 is 0 Å². The number of carbonyl (C=O) groups is 4. The molecular formula is C29H26N2O6. The molecule has 188 valence electrons. The largest absolute Gasteiger partial charge is 0.457 e. The van der Waals surface area contributed by atoms with Gasteiger partial charge in [-0.15, -0.1) is 0 Å². The minimum absolute atomic E-state index is 0.0215. The number of carbonyl (C=O) groups excluding carboxylic acids is 4. The first-order valence-corrected chi connectivity index (χ1v) is 11.5. The molecule has 0 aromatic heterocycles. The monoisotopic (exact) mass is 498 g/mol. The van der Waals surface area contributed by atoms with Crippen LogP contribution in [-0.4, -0.2) is 67.9 Å². The van der Waals surface area contributed by atoms with E-state index in [1.54, 1.807) is 98.9 Å². The SMILES string of the molecule is CN(C)/C=C/C(OCOC(/C=C/N(C)C)=C1C(=O)c2ccccc2C1=O)=C1C(=O)c2ccccc2C1=O. The van der Waals surface area contributed by atoms with Crippen molar-refractivity contribution in [2.24, 2.45) is 0 Å². The number of Topliss-reactive ketones (excluding diaryl/α,β-unsaturated/α-hetero) is 4. The number of ketones is 4. The van der Waals surface area contributed by atoms with E-state index in [4.69, 9.17) is 9.47 Å². The van der Waals surface area contributed by atoms with Crippen LogP contribution in [0.4, 0.5) is 0 Å². The van der Waals surface area contributed by atoms with Crippen molar-refractivity contribution in [2.75, 3.05) is 35.0 Å². The summed E-state index contributed by atoms with van der Waals surface area (Å²) in [6.07, 6.45) is 6.28. The van der Waals surface area contributed by atoms with Crippen molar-refractivity contribution in [1.82, 2.24) is 9.80 Å². The lowest BCUT2D eigenvalue weighted by Gasteiger charge is -2.14. The second kappa shape index (κ2) is 10.5. The zero-order chi connectivity index (χ0) is 26.7. The number of benzene rings is 2. The third-order valence-electron chi connectivity index (χ3n) is 5.71. The highest BCUT2D eigenvalue weighted by molar-refractivity contribution is 6.40. The summed E-state index contributed by atoms with van der Waals surface area (Å²) in [5.41, 5.74) is 1.00. The van der Waals surface area contributed by atoms with Crippen LogP contribution in [0.3, 0.4) is 0 Å². The van der Waals surface area contributed by atoms with Gasteiger partial charge >= 0.3 is 0 Å². The Morgan fingerprint density at radius 1 is 0.595 bits per heavy atom. The van der Waals surface area contributed by atoms with E-state index < -0.39 is 29.9 Å². The minimum atomic E-state index is -0.457. The first kappa shape index (κ1) is 25.4. The summed E-state index contributed by atoms with van der Waals surface area (Å²) in [6, 6.07) is 13.1. The summed E-state index contributed by atoms with van der Waals surface area (Å²) in [5, 5.41) is 0. The summed E-state index contributed by atoms with van der Waals surface area (Å²) >= 11 is 0. The molecule has 2 aliphatic carbocycles. The Morgan fingerprint density at radius 2 is 0.892 bits per heavy atom. The number of hydrogen-bond donors (Lipinski definition) is 0. The van der Waals surface area contributed by atoms with Crippen molar-refractivity contribution in [3.8, 4) is 0 Å². The molecule has 2 aliphatic rings. The Balaban J connectivity index is 1.67. The van der Waals surface area contributed by atoms with Crippen LogP contribution in [-0.2, 0) is 9.47 Å².